The number of anilines is 1. The normalized spacial score (nSPS) is 10.9. The molecule has 0 unspecified atom stereocenters. The van der Waals surface area contributed by atoms with Crippen LogP contribution in [0.1, 0.15) is 15.2 Å². The Balaban J connectivity index is 1.96. The van der Waals surface area contributed by atoms with Gasteiger partial charge in [-0.1, -0.05) is 46.9 Å². The van der Waals surface area contributed by atoms with Crippen molar-refractivity contribution in [3.05, 3.63) is 61.9 Å². The minimum atomic E-state index is -0.276. The van der Waals surface area contributed by atoms with Crippen molar-refractivity contribution in [2.75, 3.05) is 5.32 Å². The van der Waals surface area contributed by atoms with Gasteiger partial charge in [0.25, 0.3) is 5.91 Å². The number of nitrogens with one attached hydrogen (secondary N) is 1. The number of thiophene rings is 1. The van der Waals surface area contributed by atoms with E-state index in [0.717, 1.165) is 15.6 Å². The van der Waals surface area contributed by atoms with E-state index in [1.807, 2.05) is 25.1 Å². The molecule has 1 aromatic heterocycles. The molecular formula is C16H10Cl3NOS. The number of amides is 1. The van der Waals surface area contributed by atoms with Crippen LogP contribution in [0.4, 0.5) is 5.69 Å². The predicted octanol–water partition coefficient (Wildman–Crippen LogP) is 6.42. The Morgan fingerprint density at radius 3 is 2.41 bits per heavy atom. The van der Waals surface area contributed by atoms with E-state index in [1.54, 1.807) is 18.2 Å². The van der Waals surface area contributed by atoms with Crippen molar-refractivity contribution in [2.45, 2.75) is 6.92 Å². The van der Waals surface area contributed by atoms with E-state index < -0.39 is 0 Å². The molecule has 0 saturated heterocycles. The van der Waals surface area contributed by atoms with Gasteiger partial charge in [-0.2, -0.15) is 0 Å². The third-order valence-corrected chi connectivity index (χ3v) is 5.20. The zero-order valence-electron chi connectivity index (χ0n) is 11.4. The van der Waals surface area contributed by atoms with Gasteiger partial charge in [-0.15, -0.1) is 11.3 Å². The second-order valence-corrected chi connectivity index (χ2v) is 7.16. The van der Waals surface area contributed by atoms with Crippen molar-refractivity contribution in [2.24, 2.45) is 0 Å². The fourth-order valence-electron chi connectivity index (χ4n) is 2.13. The van der Waals surface area contributed by atoms with Gasteiger partial charge in [-0.25, -0.2) is 0 Å². The standard InChI is InChI=1S/C16H10Cl3NOS/c1-8-2-3-12-13(4-8)22-15(14(12)19)16(21)20-11-6-9(17)5-10(18)7-11/h2-7H,1H3,(H,20,21). The van der Waals surface area contributed by atoms with Gasteiger partial charge in [-0.05, 0) is 36.8 Å². The molecule has 0 aliphatic carbocycles. The summed E-state index contributed by atoms with van der Waals surface area (Å²) < 4.78 is 0.985. The average molecular weight is 371 g/mol. The van der Waals surface area contributed by atoms with E-state index in [4.69, 9.17) is 34.8 Å². The number of hydrogen-bond acceptors (Lipinski definition) is 2. The van der Waals surface area contributed by atoms with E-state index in [2.05, 4.69) is 5.32 Å². The molecule has 112 valence electrons. The second kappa shape index (κ2) is 6.09. The molecular weight excluding hydrogens is 361 g/mol. The number of carbonyl (C=O) groups is 1. The van der Waals surface area contributed by atoms with Gasteiger partial charge in [0.15, 0.2) is 0 Å². The zero-order valence-corrected chi connectivity index (χ0v) is 14.5. The van der Waals surface area contributed by atoms with Gasteiger partial charge in [-0.3, -0.25) is 4.79 Å². The summed E-state index contributed by atoms with van der Waals surface area (Å²) >= 11 is 19.6. The molecule has 2 nitrogen and oxygen atoms in total. The van der Waals surface area contributed by atoms with Crippen LogP contribution in [0.5, 0.6) is 0 Å². The summed E-state index contributed by atoms with van der Waals surface area (Å²) in [7, 11) is 0. The van der Waals surface area contributed by atoms with Crippen LogP contribution in [0.2, 0.25) is 15.1 Å². The molecule has 1 N–H and O–H groups in total. The van der Waals surface area contributed by atoms with Crippen molar-refractivity contribution < 1.29 is 4.79 Å². The van der Waals surface area contributed by atoms with E-state index >= 15 is 0 Å². The van der Waals surface area contributed by atoms with E-state index in [0.29, 0.717) is 25.6 Å². The van der Waals surface area contributed by atoms with Gasteiger partial charge in [0.05, 0.1) is 5.02 Å². The Kier molecular flexibility index (Phi) is 4.33. The smallest absolute Gasteiger partial charge is 0.267 e. The highest BCUT2D eigenvalue weighted by Crippen LogP contribution is 2.36. The van der Waals surface area contributed by atoms with Crippen molar-refractivity contribution >= 4 is 67.8 Å². The van der Waals surface area contributed by atoms with Crippen LogP contribution in [0, 0.1) is 6.92 Å². The molecule has 0 atom stereocenters. The summed E-state index contributed by atoms with van der Waals surface area (Å²) in [6.45, 7) is 2.00. The minimum Gasteiger partial charge on any atom is -0.321 e. The Labute approximate surface area is 146 Å². The first-order valence-electron chi connectivity index (χ1n) is 6.40. The average Bonchev–Trinajstić information content (AvgIpc) is 2.74. The zero-order chi connectivity index (χ0) is 15.9. The molecule has 6 heteroatoms. The third kappa shape index (κ3) is 3.08. The lowest BCUT2D eigenvalue weighted by Gasteiger charge is -2.05. The van der Waals surface area contributed by atoms with Crippen LogP contribution in [-0.4, -0.2) is 5.91 Å². The van der Waals surface area contributed by atoms with Crippen LogP contribution in [-0.2, 0) is 0 Å². The van der Waals surface area contributed by atoms with E-state index in [-0.39, 0.29) is 5.91 Å². The van der Waals surface area contributed by atoms with Gasteiger partial charge in [0, 0.05) is 25.8 Å². The van der Waals surface area contributed by atoms with E-state index in [9.17, 15) is 4.79 Å². The maximum atomic E-state index is 12.4. The quantitative estimate of drug-likeness (QED) is 0.554. The number of fused-ring (bicyclic) bond motifs is 1. The summed E-state index contributed by atoms with van der Waals surface area (Å²) in [5, 5.41) is 5.04. The second-order valence-electron chi connectivity index (χ2n) is 4.86. The molecule has 1 heterocycles. The fraction of sp³-hybridized carbons (Fsp3) is 0.0625. The molecule has 0 saturated carbocycles. The number of carbonyl (C=O) groups excluding carboxylic acids is 1. The van der Waals surface area contributed by atoms with Crippen molar-refractivity contribution in [3.8, 4) is 0 Å². The highest BCUT2D eigenvalue weighted by molar-refractivity contribution is 7.21. The SMILES string of the molecule is Cc1ccc2c(Cl)c(C(=O)Nc3cc(Cl)cc(Cl)c3)sc2c1. The minimum absolute atomic E-state index is 0.276. The maximum Gasteiger partial charge on any atom is 0.267 e. The molecule has 2 aromatic carbocycles. The van der Waals surface area contributed by atoms with Crippen molar-refractivity contribution in [3.63, 3.8) is 0 Å². The van der Waals surface area contributed by atoms with Gasteiger partial charge in [0.2, 0.25) is 0 Å². The molecule has 0 bridgehead atoms. The first-order chi connectivity index (χ1) is 10.4. The fourth-order valence-corrected chi connectivity index (χ4v) is 4.17. The summed E-state index contributed by atoms with van der Waals surface area (Å²) in [4.78, 5) is 12.9. The Hall–Kier alpha value is -1.26. The Morgan fingerprint density at radius 2 is 1.73 bits per heavy atom. The number of benzene rings is 2. The molecule has 0 radical (unpaired) electrons. The lowest BCUT2D eigenvalue weighted by atomic mass is 10.2. The molecule has 0 fully saturated rings. The van der Waals surface area contributed by atoms with Gasteiger partial charge in [0.1, 0.15) is 4.88 Å². The van der Waals surface area contributed by atoms with Crippen LogP contribution in [0.3, 0.4) is 0 Å². The first kappa shape index (κ1) is 15.6. The lowest BCUT2D eigenvalue weighted by molar-refractivity contribution is 0.103. The largest absolute Gasteiger partial charge is 0.321 e. The summed E-state index contributed by atoms with van der Waals surface area (Å²) in [5.74, 6) is -0.276. The Bertz CT molecular complexity index is 868. The molecule has 3 aromatic rings. The van der Waals surface area contributed by atoms with E-state index in [1.165, 1.54) is 11.3 Å². The van der Waals surface area contributed by atoms with Crippen LogP contribution < -0.4 is 5.32 Å². The van der Waals surface area contributed by atoms with Gasteiger partial charge < -0.3 is 5.32 Å². The summed E-state index contributed by atoms with van der Waals surface area (Å²) in [6, 6.07) is 10.8. The number of halogens is 3. The van der Waals surface area contributed by atoms with Crippen LogP contribution in [0.15, 0.2) is 36.4 Å². The lowest BCUT2D eigenvalue weighted by Crippen LogP contribution is -2.10. The molecule has 0 aliphatic rings. The number of aryl methyl sites for hydroxylation is 1. The third-order valence-electron chi connectivity index (χ3n) is 3.11. The van der Waals surface area contributed by atoms with Gasteiger partial charge >= 0.3 is 0 Å². The summed E-state index contributed by atoms with van der Waals surface area (Å²) in [5.41, 5.74) is 1.66. The summed E-state index contributed by atoms with van der Waals surface area (Å²) in [6.07, 6.45) is 0. The molecule has 3 rings (SSSR count). The number of hydrogen-bond donors (Lipinski definition) is 1. The monoisotopic (exact) mass is 369 g/mol. The van der Waals surface area contributed by atoms with Crippen molar-refractivity contribution in [1.29, 1.82) is 0 Å². The molecule has 0 spiro atoms. The highest BCUT2D eigenvalue weighted by atomic mass is 35.5. The molecule has 1 amide bonds. The van der Waals surface area contributed by atoms with Crippen molar-refractivity contribution in [1.82, 2.24) is 0 Å². The van der Waals surface area contributed by atoms with Crippen LogP contribution in [0.25, 0.3) is 10.1 Å². The molecule has 0 aliphatic heterocycles. The predicted molar refractivity (Wildman–Crippen MR) is 96.0 cm³/mol. The number of rotatable bonds is 2. The first-order valence-corrected chi connectivity index (χ1v) is 8.35. The topological polar surface area (TPSA) is 29.1 Å². The Morgan fingerprint density at radius 1 is 1.05 bits per heavy atom. The highest BCUT2D eigenvalue weighted by Gasteiger charge is 2.17. The van der Waals surface area contributed by atoms with Crippen LogP contribution >= 0.6 is 46.1 Å². The molecule has 22 heavy (non-hydrogen) atoms. The maximum absolute atomic E-state index is 12.4.